The van der Waals surface area contributed by atoms with E-state index in [-0.39, 0.29) is 10.6 Å². The molecule has 1 amide bonds. The Morgan fingerprint density at radius 1 is 1.44 bits per heavy atom. The van der Waals surface area contributed by atoms with Crippen LogP contribution in [0.1, 0.15) is 11.6 Å². The van der Waals surface area contributed by atoms with Gasteiger partial charge in [-0.1, -0.05) is 17.7 Å². The standard InChI is InChI=1S/C12H15ClFN3O/c13-8-2-1-3-9(14)10(8)11(12(15)18)17-6-4-16-5-7-17/h1-3,11,16H,4-7H2,(H2,15,18). The topological polar surface area (TPSA) is 58.4 Å². The first-order valence-corrected chi connectivity index (χ1v) is 6.17. The zero-order chi connectivity index (χ0) is 13.1. The SMILES string of the molecule is NC(=O)C(c1c(F)cccc1Cl)N1CCNCC1. The molecule has 1 heterocycles. The second-order valence-corrected chi connectivity index (χ2v) is 4.63. The van der Waals surface area contributed by atoms with Crippen molar-refractivity contribution in [1.82, 2.24) is 10.2 Å². The summed E-state index contributed by atoms with van der Waals surface area (Å²) in [7, 11) is 0. The molecular formula is C12H15ClFN3O. The van der Waals surface area contributed by atoms with E-state index in [1.54, 1.807) is 6.07 Å². The van der Waals surface area contributed by atoms with Crippen molar-refractivity contribution in [2.45, 2.75) is 6.04 Å². The van der Waals surface area contributed by atoms with Gasteiger partial charge in [0.25, 0.3) is 0 Å². The number of primary amides is 1. The summed E-state index contributed by atoms with van der Waals surface area (Å²) in [6.45, 7) is 2.77. The molecule has 6 heteroatoms. The van der Waals surface area contributed by atoms with E-state index in [1.165, 1.54) is 12.1 Å². The Morgan fingerprint density at radius 3 is 2.67 bits per heavy atom. The number of hydrogen-bond donors (Lipinski definition) is 2. The van der Waals surface area contributed by atoms with Crippen LogP contribution in [0.2, 0.25) is 5.02 Å². The van der Waals surface area contributed by atoms with Gasteiger partial charge in [-0.15, -0.1) is 0 Å². The monoisotopic (exact) mass is 271 g/mol. The average Bonchev–Trinajstić information content (AvgIpc) is 2.34. The highest BCUT2D eigenvalue weighted by atomic mass is 35.5. The van der Waals surface area contributed by atoms with Crippen LogP contribution in [-0.4, -0.2) is 37.0 Å². The fraction of sp³-hybridized carbons (Fsp3) is 0.417. The Bertz CT molecular complexity index is 429. The van der Waals surface area contributed by atoms with Gasteiger partial charge >= 0.3 is 0 Å². The molecule has 1 saturated heterocycles. The van der Waals surface area contributed by atoms with Gasteiger partial charge in [-0.25, -0.2) is 4.39 Å². The number of hydrogen-bond acceptors (Lipinski definition) is 3. The summed E-state index contributed by atoms with van der Waals surface area (Å²) in [5.41, 5.74) is 5.59. The third-order valence-corrected chi connectivity index (χ3v) is 3.39. The molecule has 0 aromatic heterocycles. The van der Waals surface area contributed by atoms with Gasteiger partial charge in [0.1, 0.15) is 11.9 Å². The molecule has 2 rings (SSSR count). The second-order valence-electron chi connectivity index (χ2n) is 4.23. The quantitative estimate of drug-likeness (QED) is 0.859. The van der Waals surface area contributed by atoms with Gasteiger partial charge in [0, 0.05) is 36.8 Å². The Labute approximate surface area is 110 Å². The van der Waals surface area contributed by atoms with Crippen molar-refractivity contribution < 1.29 is 9.18 Å². The molecule has 18 heavy (non-hydrogen) atoms. The molecule has 98 valence electrons. The highest BCUT2D eigenvalue weighted by molar-refractivity contribution is 6.31. The molecule has 3 N–H and O–H groups in total. The Morgan fingerprint density at radius 2 is 2.11 bits per heavy atom. The number of nitrogens with zero attached hydrogens (tertiary/aromatic N) is 1. The van der Waals surface area contributed by atoms with Crippen LogP contribution in [-0.2, 0) is 4.79 Å². The highest BCUT2D eigenvalue weighted by Gasteiger charge is 2.30. The van der Waals surface area contributed by atoms with Crippen LogP contribution in [0.3, 0.4) is 0 Å². The van der Waals surface area contributed by atoms with Crippen molar-refractivity contribution in [2.24, 2.45) is 5.73 Å². The lowest BCUT2D eigenvalue weighted by Crippen LogP contribution is -2.48. The summed E-state index contributed by atoms with van der Waals surface area (Å²) in [6, 6.07) is 3.56. The van der Waals surface area contributed by atoms with Crippen molar-refractivity contribution in [3.63, 3.8) is 0 Å². The molecule has 0 aliphatic carbocycles. The first-order chi connectivity index (χ1) is 8.61. The van der Waals surface area contributed by atoms with Crippen LogP contribution in [0.5, 0.6) is 0 Å². The van der Waals surface area contributed by atoms with E-state index in [0.717, 1.165) is 13.1 Å². The van der Waals surface area contributed by atoms with E-state index in [4.69, 9.17) is 17.3 Å². The minimum Gasteiger partial charge on any atom is -0.368 e. The van der Waals surface area contributed by atoms with Crippen molar-refractivity contribution in [3.8, 4) is 0 Å². The molecule has 4 nitrogen and oxygen atoms in total. The van der Waals surface area contributed by atoms with Gasteiger partial charge in [-0.2, -0.15) is 0 Å². The van der Waals surface area contributed by atoms with E-state index < -0.39 is 17.8 Å². The lowest BCUT2D eigenvalue weighted by Gasteiger charge is -2.33. The molecule has 0 bridgehead atoms. The Balaban J connectivity index is 2.37. The summed E-state index contributed by atoms with van der Waals surface area (Å²) < 4.78 is 13.9. The third kappa shape index (κ3) is 2.63. The van der Waals surface area contributed by atoms with Gasteiger partial charge in [0.2, 0.25) is 5.91 Å². The van der Waals surface area contributed by atoms with Crippen molar-refractivity contribution in [2.75, 3.05) is 26.2 Å². The predicted molar refractivity (Wildman–Crippen MR) is 67.8 cm³/mol. The lowest BCUT2D eigenvalue weighted by atomic mass is 10.0. The van der Waals surface area contributed by atoms with Crippen molar-refractivity contribution in [1.29, 1.82) is 0 Å². The Kier molecular flexibility index (Phi) is 4.16. The smallest absolute Gasteiger partial charge is 0.239 e. The zero-order valence-corrected chi connectivity index (χ0v) is 10.6. The van der Waals surface area contributed by atoms with Crippen molar-refractivity contribution >= 4 is 17.5 Å². The van der Waals surface area contributed by atoms with Crippen LogP contribution < -0.4 is 11.1 Å². The molecule has 1 unspecified atom stereocenters. The van der Waals surface area contributed by atoms with E-state index in [2.05, 4.69) is 5.32 Å². The molecule has 1 aliphatic heterocycles. The average molecular weight is 272 g/mol. The van der Waals surface area contributed by atoms with Crippen LogP contribution in [0, 0.1) is 5.82 Å². The molecule has 1 aliphatic rings. The van der Waals surface area contributed by atoms with Crippen LogP contribution in [0.25, 0.3) is 0 Å². The number of nitrogens with two attached hydrogens (primary N) is 1. The summed E-state index contributed by atoms with van der Waals surface area (Å²) in [6.07, 6.45) is 0. The number of nitrogens with one attached hydrogen (secondary N) is 1. The maximum atomic E-state index is 13.9. The van der Waals surface area contributed by atoms with Gasteiger partial charge in [-0.05, 0) is 12.1 Å². The fourth-order valence-electron chi connectivity index (χ4n) is 2.22. The first kappa shape index (κ1) is 13.3. The number of carbonyl (C=O) groups is 1. The summed E-state index contributed by atoms with van der Waals surface area (Å²) in [4.78, 5) is 13.5. The minimum atomic E-state index is -0.805. The minimum absolute atomic E-state index is 0.175. The van der Waals surface area contributed by atoms with E-state index >= 15 is 0 Å². The molecule has 1 aromatic rings. The largest absolute Gasteiger partial charge is 0.368 e. The summed E-state index contributed by atoms with van der Waals surface area (Å²) in [5, 5.41) is 3.40. The number of amides is 1. The van der Waals surface area contributed by atoms with Gasteiger partial charge in [-0.3, -0.25) is 9.69 Å². The van der Waals surface area contributed by atoms with Crippen LogP contribution in [0.15, 0.2) is 18.2 Å². The number of benzene rings is 1. The molecule has 1 atom stereocenters. The number of halogens is 2. The lowest BCUT2D eigenvalue weighted by molar-refractivity contribution is -0.123. The van der Waals surface area contributed by atoms with E-state index in [9.17, 15) is 9.18 Å². The third-order valence-electron chi connectivity index (χ3n) is 3.06. The normalized spacial score (nSPS) is 18.6. The maximum absolute atomic E-state index is 13.9. The van der Waals surface area contributed by atoms with Gasteiger partial charge < -0.3 is 11.1 Å². The molecule has 0 radical (unpaired) electrons. The molecule has 1 aromatic carbocycles. The predicted octanol–water partition coefficient (Wildman–Crippen LogP) is 0.911. The van der Waals surface area contributed by atoms with Gasteiger partial charge in [0.05, 0.1) is 0 Å². The van der Waals surface area contributed by atoms with Crippen LogP contribution >= 0.6 is 11.6 Å². The van der Waals surface area contributed by atoms with Crippen molar-refractivity contribution in [3.05, 3.63) is 34.6 Å². The molecule has 0 spiro atoms. The highest BCUT2D eigenvalue weighted by Crippen LogP contribution is 2.30. The maximum Gasteiger partial charge on any atom is 0.239 e. The number of rotatable bonds is 3. The van der Waals surface area contributed by atoms with E-state index in [1.807, 2.05) is 4.90 Å². The fourth-order valence-corrected chi connectivity index (χ4v) is 2.48. The number of carbonyl (C=O) groups excluding carboxylic acids is 1. The summed E-state index contributed by atoms with van der Waals surface area (Å²) >= 11 is 6.00. The molecule has 0 saturated carbocycles. The summed E-state index contributed by atoms with van der Waals surface area (Å²) in [5.74, 6) is -1.08. The Hall–Kier alpha value is -1.17. The first-order valence-electron chi connectivity index (χ1n) is 5.79. The van der Waals surface area contributed by atoms with E-state index in [0.29, 0.717) is 13.1 Å². The number of piperazine rings is 1. The van der Waals surface area contributed by atoms with Crippen LogP contribution in [0.4, 0.5) is 4.39 Å². The van der Waals surface area contributed by atoms with Gasteiger partial charge in [0.15, 0.2) is 0 Å². The second kappa shape index (κ2) is 5.65. The molecule has 1 fully saturated rings. The zero-order valence-electron chi connectivity index (χ0n) is 9.83. The molecular weight excluding hydrogens is 257 g/mol.